The van der Waals surface area contributed by atoms with Gasteiger partial charge in [-0.05, 0) is 24.1 Å². The molecule has 0 bridgehead atoms. The fourth-order valence-electron chi connectivity index (χ4n) is 1.99. The molecule has 2 aromatic rings. The van der Waals surface area contributed by atoms with Gasteiger partial charge < -0.3 is 4.42 Å². The summed E-state index contributed by atoms with van der Waals surface area (Å²) in [6.45, 7) is 2.75. The molecule has 94 valence electrons. The van der Waals surface area contributed by atoms with Crippen molar-refractivity contribution in [3.8, 4) is 12.3 Å². The van der Waals surface area contributed by atoms with E-state index in [1.165, 1.54) is 0 Å². The molecular weight excluding hydrogens is 246 g/mol. The van der Waals surface area contributed by atoms with E-state index in [1.54, 1.807) is 0 Å². The Morgan fingerprint density at radius 2 is 2.22 bits per heavy atom. The summed E-state index contributed by atoms with van der Waals surface area (Å²) in [6, 6.07) is 7.91. The van der Waals surface area contributed by atoms with Gasteiger partial charge in [-0.1, -0.05) is 37.5 Å². The van der Waals surface area contributed by atoms with Crippen molar-refractivity contribution in [2.24, 2.45) is 0 Å². The molecule has 2 rings (SSSR count). The standard InChI is InChI=1S/C15H16ClNO/c1-3-7-11(4-2)17-10-13-12-8-5-6-9-14(12)18-15(13)16/h2,5-6,8-9,11,17H,3,7,10H2,1H3. The van der Waals surface area contributed by atoms with Gasteiger partial charge in [-0.25, -0.2) is 0 Å². The fraction of sp³-hybridized carbons (Fsp3) is 0.333. The third kappa shape index (κ3) is 2.69. The molecule has 0 saturated heterocycles. The van der Waals surface area contributed by atoms with Crippen molar-refractivity contribution < 1.29 is 4.42 Å². The van der Waals surface area contributed by atoms with Crippen molar-refractivity contribution in [3.63, 3.8) is 0 Å². The molecule has 0 radical (unpaired) electrons. The zero-order valence-corrected chi connectivity index (χ0v) is 11.1. The van der Waals surface area contributed by atoms with Crippen LogP contribution in [0, 0.1) is 12.3 Å². The smallest absolute Gasteiger partial charge is 0.199 e. The predicted molar refractivity (Wildman–Crippen MR) is 75.6 cm³/mol. The predicted octanol–water partition coefficient (Wildman–Crippen LogP) is 3.98. The fourth-order valence-corrected chi connectivity index (χ4v) is 2.24. The summed E-state index contributed by atoms with van der Waals surface area (Å²) in [7, 11) is 0. The van der Waals surface area contributed by atoms with Crippen LogP contribution in [0.4, 0.5) is 0 Å². The summed E-state index contributed by atoms with van der Waals surface area (Å²) in [4.78, 5) is 0. The Hall–Kier alpha value is -1.43. The lowest BCUT2D eigenvalue weighted by molar-refractivity contribution is 0.555. The largest absolute Gasteiger partial charge is 0.444 e. The molecule has 0 aliphatic carbocycles. The molecule has 18 heavy (non-hydrogen) atoms. The average molecular weight is 262 g/mol. The number of fused-ring (bicyclic) bond motifs is 1. The van der Waals surface area contributed by atoms with Gasteiger partial charge in [0, 0.05) is 17.5 Å². The molecule has 0 aliphatic rings. The van der Waals surface area contributed by atoms with E-state index in [4.69, 9.17) is 22.4 Å². The molecule has 3 heteroatoms. The number of halogens is 1. The van der Waals surface area contributed by atoms with Gasteiger partial charge in [-0.3, -0.25) is 5.32 Å². The van der Waals surface area contributed by atoms with Crippen molar-refractivity contribution >= 4 is 22.6 Å². The van der Waals surface area contributed by atoms with Crippen molar-refractivity contribution in [2.45, 2.75) is 32.4 Å². The highest BCUT2D eigenvalue weighted by atomic mass is 35.5. The second-order valence-electron chi connectivity index (χ2n) is 4.24. The first kappa shape index (κ1) is 13.0. The monoisotopic (exact) mass is 261 g/mol. The molecule has 0 aliphatic heterocycles. The van der Waals surface area contributed by atoms with E-state index in [9.17, 15) is 0 Å². The van der Waals surface area contributed by atoms with Crippen LogP contribution in [0.25, 0.3) is 11.0 Å². The minimum Gasteiger partial charge on any atom is -0.444 e. The first-order valence-corrected chi connectivity index (χ1v) is 6.49. The second kappa shape index (κ2) is 5.95. The molecule has 1 aromatic carbocycles. The Kier molecular flexibility index (Phi) is 4.30. The topological polar surface area (TPSA) is 25.2 Å². The van der Waals surface area contributed by atoms with Crippen LogP contribution >= 0.6 is 11.6 Å². The number of hydrogen-bond acceptors (Lipinski definition) is 2. The van der Waals surface area contributed by atoms with Gasteiger partial charge in [-0.2, -0.15) is 0 Å². The lowest BCUT2D eigenvalue weighted by Gasteiger charge is -2.11. The summed E-state index contributed by atoms with van der Waals surface area (Å²) in [5.74, 6) is 2.75. The highest BCUT2D eigenvalue weighted by Crippen LogP contribution is 2.29. The summed E-state index contributed by atoms with van der Waals surface area (Å²) in [5, 5.41) is 4.81. The summed E-state index contributed by atoms with van der Waals surface area (Å²) in [6.07, 6.45) is 7.50. The van der Waals surface area contributed by atoms with Crippen LogP contribution in [0.1, 0.15) is 25.3 Å². The number of nitrogens with one attached hydrogen (secondary N) is 1. The zero-order valence-electron chi connectivity index (χ0n) is 10.4. The van der Waals surface area contributed by atoms with Crippen molar-refractivity contribution in [1.29, 1.82) is 0 Å². The normalized spacial score (nSPS) is 12.5. The molecule has 1 atom stereocenters. The quantitative estimate of drug-likeness (QED) is 0.824. The van der Waals surface area contributed by atoms with Crippen LogP contribution in [0.3, 0.4) is 0 Å². The maximum atomic E-state index is 6.11. The van der Waals surface area contributed by atoms with Crippen molar-refractivity contribution in [2.75, 3.05) is 0 Å². The maximum absolute atomic E-state index is 6.11. The highest BCUT2D eigenvalue weighted by molar-refractivity contribution is 6.30. The number of terminal acetylenes is 1. The van der Waals surface area contributed by atoms with E-state index in [0.29, 0.717) is 11.8 Å². The maximum Gasteiger partial charge on any atom is 0.199 e. The zero-order chi connectivity index (χ0) is 13.0. The molecule has 1 N–H and O–H groups in total. The Morgan fingerprint density at radius 1 is 1.44 bits per heavy atom. The van der Waals surface area contributed by atoms with Gasteiger partial charge >= 0.3 is 0 Å². The molecule has 1 unspecified atom stereocenters. The Morgan fingerprint density at radius 3 is 2.94 bits per heavy atom. The van der Waals surface area contributed by atoms with Crippen LogP contribution in [0.15, 0.2) is 28.7 Å². The second-order valence-corrected chi connectivity index (χ2v) is 4.58. The minimum absolute atomic E-state index is 0.0831. The Labute approximate surface area is 112 Å². The highest BCUT2D eigenvalue weighted by Gasteiger charge is 2.13. The van der Waals surface area contributed by atoms with Crippen molar-refractivity contribution in [3.05, 3.63) is 35.0 Å². The van der Waals surface area contributed by atoms with Crippen LogP contribution in [-0.2, 0) is 6.54 Å². The molecule has 2 nitrogen and oxygen atoms in total. The lowest BCUT2D eigenvalue weighted by atomic mass is 10.1. The molecular formula is C15H16ClNO. The number of benzene rings is 1. The van der Waals surface area contributed by atoms with Crippen LogP contribution in [0.2, 0.25) is 5.22 Å². The van der Waals surface area contributed by atoms with E-state index in [1.807, 2.05) is 24.3 Å². The first-order chi connectivity index (χ1) is 8.76. The molecule has 1 heterocycles. The molecule has 0 fully saturated rings. The van der Waals surface area contributed by atoms with Gasteiger partial charge in [0.25, 0.3) is 0 Å². The van der Waals surface area contributed by atoms with E-state index in [2.05, 4.69) is 18.2 Å². The first-order valence-electron chi connectivity index (χ1n) is 6.11. The Bertz CT molecular complexity index is 567. The third-order valence-electron chi connectivity index (χ3n) is 2.95. The van der Waals surface area contributed by atoms with Gasteiger partial charge in [-0.15, -0.1) is 6.42 Å². The van der Waals surface area contributed by atoms with Crippen LogP contribution in [-0.4, -0.2) is 6.04 Å². The van der Waals surface area contributed by atoms with Gasteiger partial charge in [0.2, 0.25) is 0 Å². The van der Waals surface area contributed by atoms with E-state index in [-0.39, 0.29) is 6.04 Å². The van der Waals surface area contributed by atoms with Gasteiger partial charge in [0.05, 0.1) is 6.04 Å². The van der Waals surface area contributed by atoms with Gasteiger partial charge in [0.15, 0.2) is 5.22 Å². The number of para-hydroxylation sites is 1. The minimum atomic E-state index is 0.0831. The number of hydrogen-bond donors (Lipinski definition) is 1. The van der Waals surface area contributed by atoms with E-state index in [0.717, 1.165) is 29.4 Å². The summed E-state index contributed by atoms with van der Waals surface area (Å²) in [5.41, 5.74) is 1.79. The molecule has 1 aromatic heterocycles. The molecule has 0 amide bonds. The summed E-state index contributed by atoms with van der Waals surface area (Å²) >= 11 is 6.11. The van der Waals surface area contributed by atoms with Crippen LogP contribution in [0.5, 0.6) is 0 Å². The third-order valence-corrected chi connectivity index (χ3v) is 3.26. The molecule has 0 spiro atoms. The van der Waals surface area contributed by atoms with Crippen molar-refractivity contribution in [1.82, 2.24) is 5.32 Å². The summed E-state index contributed by atoms with van der Waals surface area (Å²) < 4.78 is 5.50. The average Bonchev–Trinajstić information content (AvgIpc) is 2.70. The van der Waals surface area contributed by atoms with E-state index >= 15 is 0 Å². The molecule has 0 saturated carbocycles. The SMILES string of the molecule is C#CC(CCC)NCc1c(Cl)oc2ccccc12. The van der Waals surface area contributed by atoms with E-state index < -0.39 is 0 Å². The van der Waals surface area contributed by atoms with Crippen LogP contribution < -0.4 is 5.32 Å². The number of furan rings is 1. The number of rotatable bonds is 5. The van der Waals surface area contributed by atoms with Gasteiger partial charge in [0.1, 0.15) is 5.58 Å². The Balaban J connectivity index is 2.17. The lowest BCUT2D eigenvalue weighted by Crippen LogP contribution is -2.26.